The van der Waals surface area contributed by atoms with Crippen LogP contribution in [0.2, 0.25) is 0 Å². The van der Waals surface area contributed by atoms with E-state index in [0.29, 0.717) is 5.56 Å². The van der Waals surface area contributed by atoms with Gasteiger partial charge in [-0.2, -0.15) is 4.31 Å². The van der Waals surface area contributed by atoms with Gasteiger partial charge in [-0.15, -0.1) is 0 Å². The molecule has 0 aliphatic carbocycles. The fraction of sp³-hybridized carbons (Fsp3) is 0.462. The summed E-state index contributed by atoms with van der Waals surface area (Å²) in [5.74, 6) is -3.14. The lowest BCUT2D eigenvalue weighted by Gasteiger charge is -2.46. The number of likely N-dealkylation sites (tertiary alicyclic amines) is 1. The molecule has 0 bridgehead atoms. The van der Waals surface area contributed by atoms with Crippen molar-refractivity contribution >= 4 is 22.0 Å². The molecule has 0 spiro atoms. The molecule has 0 N–H and O–H groups in total. The quantitative estimate of drug-likeness (QED) is 0.444. The van der Waals surface area contributed by atoms with Gasteiger partial charge >= 0.3 is 11.9 Å². The summed E-state index contributed by atoms with van der Waals surface area (Å²) < 4.78 is 39.4. The molecule has 0 saturated carbocycles. The van der Waals surface area contributed by atoms with Gasteiger partial charge in [0.15, 0.2) is 5.92 Å². The number of rotatable bonds is 6. The third kappa shape index (κ3) is 4.85. The first-order valence-corrected chi connectivity index (χ1v) is 13.3. The first kappa shape index (κ1) is 25.3. The van der Waals surface area contributed by atoms with Gasteiger partial charge in [0.2, 0.25) is 10.0 Å². The number of esters is 2. The third-order valence-corrected chi connectivity index (χ3v) is 8.88. The number of carbonyl (C=O) groups excluding carboxylic acids is 2. The molecule has 4 rings (SSSR count). The molecule has 2 aliphatic heterocycles. The summed E-state index contributed by atoms with van der Waals surface area (Å²) >= 11 is 0. The molecule has 0 radical (unpaired) electrons. The number of aryl methyl sites for hydroxylation is 1. The standard InChI is InChI=1S/C26H32N2O6S/c1-18-11-13-19(14-12-18)35(31,32)28-17-22(27-15-7-4-8-16-27)20-9-5-6-10-21(20)24(28)23(25(29)33-2)26(30)34-3/h5-6,9-14,22-24H,4,7-8,15-17H2,1-3H3. The summed E-state index contributed by atoms with van der Waals surface area (Å²) in [4.78, 5) is 28.2. The summed E-state index contributed by atoms with van der Waals surface area (Å²) in [7, 11) is -1.71. The molecule has 9 heteroatoms. The van der Waals surface area contributed by atoms with Gasteiger partial charge < -0.3 is 9.47 Å². The van der Waals surface area contributed by atoms with Crippen molar-refractivity contribution in [1.82, 2.24) is 9.21 Å². The minimum absolute atomic E-state index is 0.110. The van der Waals surface area contributed by atoms with Crippen molar-refractivity contribution in [3.05, 3.63) is 65.2 Å². The van der Waals surface area contributed by atoms with Crippen LogP contribution in [0.5, 0.6) is 0 Å². The highest BCUT2D eigenvalue weighted by Gasteiger charge is 2.50. The van der Waals surface area contributed by atoms with Crippen LogP contribution < -0.4 is 0 Å². The Morgan fingerprint density at radius 1 is 0.886 bits per heavy atom. The molecule has 0 amide bonds. The largest absolute Gasteiger partial charge is 0.468 e. The number of carbonyl (C=O) groups is 2. The number of ether oxygens (including phenoxy) is 2. The van der Waals surface area contributed by atoms with Gasteiger partial charge in [-0.05, 0) is 56.1 Å². The van der Waals surface area contributed by atoms with E-state index in [4.69, 9.17) is 9.47 Å². The van der Waals surface area contributed by atoms with Gasteiger partial charge in [-0.1, -0.05) is 48.4 Å². The molecule has 2 aliphatic rings. The fourth-order valence-electron chi connectivity index (χ4n) is 5.21. The van der Waals surface area contributed by atoms with Crippen LogP contribution in [-0.2, 0) is 29.1 Å². The van der Waals surface area contributed by atoms with Crippen molar-refractivity contribution in [2.75, 3.05) is 33.9 Å². The van der Waals surface area contributed by atoms with Gasteiger partial charge in [-0.3, -0.25) is 14.5 Å². The van der Waals surface area contributed by atoms with E-state index in [1.54, 1.807) is 36.4 Å². The minimum atomic E-state index is -4.08. The Bertz CT molecular complexity index is 1160. The predicted molar refractivity (Wildman–Crippen MR) is 130 cm³/mol. The third-order valence-electron chi connectivity index (χ3n) is 7.02. The summed E-state index contributed by atoms with van der Waals surface area (Å²) in [5.41, 5.74) is 2.47. The molecule has 2 heterocycles. The molecule has 1 saturated heterocycles. The Kier molecular flexibility index (Phi) is 7.59. The Balaban J connectivity index is 1.92. The van der Waals surface area contributed by atoms with Crippen LogP contribution in [0, 0.1) is 12.8 Å². The SMILES string of the molecule is COC(=O)C(C(=O)OC)C1c2ccccc2C(N2CCCCC2)CN1S(=O)(=O)c1ccc(C)cc1. The average Bonchev–Trinajstić information content (AvgIpc) is 2.89. The van der Waals surface area contributed by atoms with Crippen LogP contribution in [-0.4, -0.2) is 63.4 Å². The van der Waals surface area contributed by atoms with Crippen LogP contribution >= 0.6 is 0 Å². The van der Waals surface area contributed by atoms with E-state index in [0.717, 1.165) is 43.5 Å². The Morgan fingerprint density at radius 3 is 2.03 bits per heavy atom. The smallest absolute Gasteiger partial charge is 0.322 e. The van der Waals surface area contributed by atoms with E-state index >= 15 is 0 Å². The second kappa shape index (κ2) is 10.5. The topological polar surface area (TPSA) is 93.2 Å². The second-order valence-electron chi connectivity index (χ2n) is 9.10. The van der Waals surface area contributed by atoms with Crippen LogP contribution in [0.25, 0.3) is 0 Å². The van der Waals surface area contributed by atoms with E-state index in [9.17, 15) is 18.0 Å². The van der Waals surface area contributed by atoms with Crippen molar-refractivity contribution in [2.24, 2.45) is 5.92 Å². The first-order valence-electron chi connectivity index (χ1n) is 11.9. The maximum absolute atomic E-state index is 14.1. The Hall–Kier alpha value is -2.75. The number of hydrogen-bond donors (Lipinski definition) is 0. The van der Waals surface area contributed by atoms with Gasteiger partial charge in [0, 0.05) is 12.6 Å². The van der Waals surface area contributed by atoms with Crippen molar-refractivity contribution < 1.29 is 27.5 Å². The van der Waals surface area contributed by atoms with E-state index < -0.39 is 33.9 Å². The predicted octanol–water partition coefficient (Wildman–Crippen LogP) is 3.23. The molecule has 8 nitrogen and oxygen atoms in total. The van der Waals surface area contributed by atoms with Gasteiger partial charge in [0.05, 0.1) is 25.2 Å². The number of piperidine rings is 1. The normalized spacial score (nSPS) is 21.4. The lowest BCUT2D eigenvalue weighted by Crippen LogP contribution is -2.52. The van der Waals surface area contributed by atoms with Crippen molar-refractivity contribution in [1.29, 1.82) is 0 Å². The van der Waals surface area contributed by atoms with Gasteiger partial charge in [0.25, 0.3) is 0 Å². The highest BCUT2D eigenvalue weighted by atomic mass is 32.2. The summed E-state index contributed by atoms with van der Waals surface area (Å²) in [6.07, 6.45) is 3.23. The number of hydrogen-bond acceptors (Lipinski definition) is 7. The number of nitrogens with zero attached hydrogens (tertiary/aromatic N) is 2. The zero-order chi connectivity index (χ0) is 25.2. The van der Waals surface area contributed by atoms with Crippen LogP contribution in [0.3, 0.4) is 0 Å². The maximum Gasteiger partial charge on any atom is 0.322 e. The lowest BCUT2D eigenvalue weighted by molar-refractivity contribution is -0.161. The Morgan fingerprint density at radius 2 is 1.46 bits per heavy atom. The van der Waals surface area contributed by atoms with E-state index in [2.05, 4.69) is 4.90 Å². The number of fused-ring (bicyclic) bond motifs is 1. The average molecular weight is 501 g/mol. The molecule has 35 heavy (non-hydrogen) atoms. The van der Waals surface area contributed by atoms with E-state index in [-0.39, 0.29) is 17.5 Å². The number of methoxy groups -OCH3 is 2. The fourth-order valence-corrected chi connectivity index (χ4v) is 6.83. The van der Waals surface area contributed by atoms with Crippen LogP contribution in [0.15, 0.2) is 53.4 Å². The molecule has 2 aromatic rings. The zero-order valence-corrected chi connectivity index (χ0v) is 21.2. The number of sulfonamides is 1. The van der Waals surface area contributed by atoms with Crippen molar-refractivity contribution in [3.8, 4) is 0 Å². The zero-order valence-electron chi connectivity index (χ0n) is 20.3. The molecule has 2 atom stereocenters. The molecular weight excluding hydrogens is 468 g/mol. The minimum Gasteiger partial charge on any atom is -0.468 e. The molecule has 188 valence electrons. The first-order chi connectivity index (χ1) is 16.8. The molecule has 2 unspecified atom stereocenters. The maximum atomic E-state index is 14.1. The second-order valence-corrected chi connectivity index (χ2v) is 11.0. The molecule has 1 fully saturated rings. The molecule has 2 aromatic carbocycles. The van der Waals surface area contributed by atoms with Gasteiger partial charge in [-0.25, -0.2) is 8.42 Å². The van der Waals surface area contributed by atoms with Gasteiger partial charge in [0.1, 0.15) is 0 Å². The van der Waals surface area contributed by atoms with E-state index in [1.807, 2.05) is 19.1 Å². The highest BCUT2D eigenvalue weighted by Crippen LogP contribution is 2.45. The van der Waals surface area contributed by atoms with Crippen LogP contribution in [0.4, 0.5) is 0 Å². The number of benzene rings is 2. The van der Waals surface area contributed by atoms with Crippen molar-refractivity contribution in [3.63, 3.8) is 0 Å². The molecule has 0 aromatic heterocycles. The summed E-state index contributed by atoms with van der Waals surface area (Å²) in [6.45, 7) is 3.72. The highest BCUT2D eigenvalue weighted by molar-refractivity contribution is 7.89. The lowest BCUT2D eigenvalue weighted by atomic mass is 9.83. The van der Waals surface area contributed by atoms with Crippen molar-refractivity contribution in [2.45, 2.75) is 43.2 Å². The van der Waals surface area contributed by atoms with Crippen LogP contribution in [0.1, 0.15) is 48.0 Å². The monoisotopic (exact) mass is 500 g/mol. The van der Waals surface area contributed by atoms with E-state index in [1.165, 1.54) is 18.5 Å². The summed E-state index contributed by atoms with van der Waals surface area (Å²) in [5, 5.41) is 0. The Labute approximate surface area is 206 Å². The molecular formula is C26H32N2O6S. The summed E-state index contributed by atoms with van der Waals surface area (Å²) in [6, 6.07) is 12.8.